The molecule has 0 aliphatic carbocycles. The van der Waals surface area contributed by atoms with Gasteiger partial charge < -0.3 is 4.57 Å². The molecular weight excluding hydrogens is 142 g/mol. The Morgan fingerprint density at radius 1 is 1.45 bits per heavy atom. The second-order valence-corrected chi connectivity index (χ2v) is 2.36. The van der Waals surface area contributed by atoms with Gasteiger partial charge in [-0.3, -0.25) is 9.20 Å². The SMILES string of the molecule is Cn1ccn2c(=O)ccnc12. The molecule has 0 amide bonds. The molecule has 0 saturated carbocycles. The van der Waals surface area contributed by atoms with Crippen molar-refractivity contribution in [3.63, 3.8) is 0 Å². The summed E-state index contributed by atoms with van der Waals surface area (Å²) < 4.78 is 3.29. The Kier molecular flexibility index (Phi) is 1.09. The first-order valence-electron chi connectivity index (χ1n) is 3.28. The topological polar surface area (TPSA) is 39.3 Å². The molecule has 0 spiro atoms. The van der Waals surface area contributed by atoms with E-state index in [9.17, 15) is 4.79 Å². The first-order chi connectivity index (χ1) is 5.29. The van der Waals surface area contributed by atoms with Gasteiger partial charge in [-0.25, -0.2) is 4.98 Å². The highest BCUT2D eigenvalue weighted by molar-refractivity contribution is 5.28. The van der Waals surface area contributed by atoms with Crippen LogP contribution in [0.25, 0.3) is 5.78 Å². The van der Waals surface area contributed by atoms with Gasteiger partial charge >= 0.3 is 0 Å². The van der Waals surface area contributed by atoms with Crippen LogP contribution in [0.3, 0.4) is 0 Å². The first kappa shape index (κ1) is 6.15. The summed E-state index contributed by atoms with van der Waals surface area (Å²) in [4.78, 5) is 15.1. The molecule has 0 bridgehead atoms. The van der Waals surface area contributed by atoms with Crippen molar-refractivity contribution in [2.24, 2.45) is 7.05 Å². The van der Waals surface area contributed by atoms with Gasteiger partial charge in [0.2, 0.25) is 5.78 Å². The molecule has 4 nitrogen and oxygen atoms in total. The van der Waals surface area contributed by atoms with Gasteiger partial charge in [0.1, 0.15) is 0 Å². The van der Waals surface area contributed by atoms with Crippen LogP contribution in [0.15, 0.2) is 29.5 Å². The molecule has 0 atom stereocenters. The lowest BCUT2D eigenvalue weighted by Crippen LogP contribution is -2.11. The van der Waals surface area contributed by atoms with E-state index in [1.807, 2.05) is 7.05 Å². The Hall–Kier alpha value is -1.58. The van der Waals surface area contributed by atoms with E-state index in [0.717, 1.165) is 0 Å². The fourth-order valence-electron chi connectivity index (χ4n) is 1.04. The van der Waals surface area contributed by atoms with Crippen LogP contribution in [-0.4, -0.2) is 14.0 Å². The van der Waals surface area contributed by atoms with E-state index in [1.165, 1.54) is 16.7 Å². The molecule has 0 unspecified atom stereocenters. The third kappa shape index (κ3) is 0.756. The molecule has 2 aromatic rings. The maximum absolute atomic E-state index is 11.1. The van der Waals surface area contributed by atoms with Crippen LogP contribution < -0.4 is 5.56 Å². The zero-order valence-corrected chi connectivity index (χ0v) is 6.06. The molecular formula is C7H7N3O. The monoisotopic (exact) mass is 149 g/mol. The lowest BCUT2D eigenvalue weighted by atomic mass is 10.6. The van der Waals surface area contributed by atoms with Crippen molar-refractivity contribution in [1.29, 1.82) is 0 Å². The van der Waals surface area contributed by atoms with Crippen molar-refractivity contribution >= 4 is 5.78 Å². The number of fused-ring (bicyclic) bond motifs is 1. The Bertz CT molecular complexity index is 440. The molecule has 4 heteroatoms. The molecule has 2 aromatic heterocycles. The minimum atomic E-state index is -0.0457. The quantitative estimate of drug-likeness (QED) is 0.530. The van der Waals surface area contributed by atoms with Crippen LogP contribution in [0, 0.1) is 0 Å². The van der Waals surface area contributed by atoms with Gasteiger partial charge in [-0.1, -0.05) is 0 Å². The third-order valence-corrected chi connectivity index (χ3v) is 1.61. The van der Waals surface area contributed by atoms with Crippen molar-refractivity contribution in [3.8, 4) is 0 Å². The lowest BCUT2D eigenvalue weighted by Gasteiger charge is -1.92. The van der Waals surface area contributed by atoms with E-state index in [4.69, 9.17) is 0 Å². The van der Waals surface area contributed by atoms with E-state index in [1.54, 1.807) is 17.0 Å². The summed E-state index contributed by atoms with van der Waals surface area (Å²) >= 11 is 0. The number of nitrogens with zero attached hydrogens (tertiary/aromatic N) is 3. The highest BCUT2D eigenvalue weighted by Crippen LogP contribution is 1.93. The van der Waals surface area contributed by atoms with Gasteiger partial charge in [0.25, 0.3) is 5.56 Å². The molecule has 2 rings (SSSR count). The molecule has 0 saturated heterocycles. The smallest absolute Gasteiger partial charge is 0.258 e. The maximum Gasteiger partial charge on any atom is 0.258 e. The molecule has 0 fully saturated rings. The maximum atomic E-state index is 11.1. The number of hydrogen-bond donors (Lipinski definition) is 0. The first-order valence-corrected chi connectivity index (χ1v) is 3.28. The fourth-order valence-corrected chi connectivity index (χ4v) is 1.04. The molecule has 0 aliphatic rings. The van der Waals surface area contributed by atoms with E-state index in [0.29, 0.717) is 5.78 Å². The zero-order chi connectivity index (χ0) is 7.84. The second-order valence-electron chi connectivity index (χ2n) is 2.36. The van der Waals surface area contributed by atoms with Crippen LogP contribution in [-0.2, 0) is 7.05 Å². The fraction of sp³-hybridized carbons (Fsp3) is 0.143. The third-order valence-electron chi connectivity index (χ3n) is 1.61. The normalized spacial score (nSPS) is 10.6. The minimum absolute atomic E-state index is 0.0457. The van der Waals surface area contributed by atoms with Gasteiger partial charge in [-0.05, 0) is 0 Å². The lowest BCUT2D eigenvalue weighted by molar-refractivity contribution is 0.913. The largest absolute Gasteiger partial charge is 0.320 e. The Labute approximate surface area is 62.7 Å². The molecule has 0 aliphatic heterocycles. The van der Waals surface area contributed by atoms with E-state index >= 15 is 0 Å². The summed E-state index contributed by atoms with van der Waals surface area (Å²) in [7, 11) is 1.85. The second kappa shape index (κ2) is 1.95. The highest BCUT2D eigenvalue weighted by Gasteiger charge is 1.97. The number of imidazole rings is 1. The number of aromatic nitrogens is 3. The number of rotatable bonds is 0. The summed E-state index contributed by atoms with van der Waals surface area (Å²) in [6.45, 7) is 0. The predicted octanol–water partition coefficient (Wildman–Crippen LogP) is 0.0330. The van der Waals surface area contributed by atoms with E-state index in [-0.39, 0.29) is 5.56 Å². The van der Waals surface area contributed by atoms with Crippen molar-refractivity contribution in [3.05, 3.63) is 35.0 Å². The van der Waals surface area contributed by atoms with Crippen LogP contribution >= 0.6 is 0 Å². The number of aryl methyl sites for hydroxylation is 1. The van der Waals surface area contributed by atoms with E-state index < -0.39 is 0 Å². The minimum Gasteiger partial charge on any atom is -0.320 e. The van der Waals surface area contributed by atoms with E-state index in [2.05, 4.69) is 4.98 Å². The van der Waals surface area contributed by atoms with Gasteiger partial charge in [0, 0.05) is 31.7 Å². The summed E-state index contributed by atoms with van der Waals surface area (Å²) in [6.07, 6.45) is 5.01. The summed E-state index contributed by atoms with van der Waals surface area (Å²) in [5, 5.41) is 0. The number of hydrogen-bond acceptors (Lipinski definition) is 2. The van der Waals surface area contributed by atoms with Gasteiger partial charge in [0.15, 0.2) is 0 Å². The molecule has 0 aromatic carbocycles. The molecule has 56 valence electrons. The van der Waals surface area contributed by atoms with Gasteiger partial charge in [0.05, 0.1) is 0 Å². The van der Waals surface area contributed by atoms with Gasteiger partial charge in [-0.15, -0.1) is 0 Å². The molecule has 0 radical (unpaired) electrons. The van der Waals surface area contributed by atoms with Gasteiger partial charge in [-0.2, -0.15) is 0 Å². The molecule has 0 N–H and O–H groups in total. The summed E-state index contributed by atoms with van der Waals surface area (Å²) in [5.41, 5.74) is -0.0457. The standard InChI is InChI=1S/C7H7N3O/c1-9-4-5-10-6(11)2-3-8-7(9)10/h2-5H,1H3. The predicted molar refractivity (Wildman–Crippen MR) is 40.4 cm³/mol. The molecule has 11 heavy (non-hydrogen) atoms. The summed E-state index contributed by atoms with van der Waals surface area (Å²) in [6, 6.07) is 1.44. The average molecular weight is 149 g/mol. The zero-order valence-electron chi connectivity index (χ0n) is 6.06. The van der Waals surface area contributed by atoms with Crippen LogP contribution in [0.4, 0.5) is 0 Å². The van der Waals surface area contributed by atoms with Crippen molar-refractivity contribution < 1.29 is 0 Å². The summed E-state index contributed by atoms with van der Waals surface area (Å²) in [5.74, 6) is 0.664. The van der Waals surface area contributed by atoms with Crippen LogP contribution in [0.2, 0.25) is 0 Å². The van der Waals surface area contributed by atoms with Crippen LogP contribution in [0.1, 0.15) is 0 Å². The highest BCUT2D eigenvalue weighted by atomic mass is 16.1. The van der Waals surface area contributed by atoms with Crippen molar-refractivity contribution in [2.45, 2.75) is 0 Å². The van der Waals surface area contributed by atoms with Crippen LogP contribution in [0.5, 0.6) is 0 Å². The van der Waals surface area contributed by atoms with Crippen molar-refractivity contribution in [2.75, 3.05) is 0 Å². The Morgan fingerprint density at radius 3 is 3.00 bits per heavy atom. The average Bonchev–Trinajstić information content (AvgIpc) is 2.35. The Morgan fingerprint density at radius 2 is 2.27 bits per heavy atom. The van der Waals surface area contributed by atoms with Crippen molar-refractivity contribution in [1.82, 2.24) is 14.0 Å². The Balaban J connectivity index is 3.06. The molecule has 2 heterocycles.